The molecule has 3 aromatic rings. The Morgan fingerprint density at radius 3 is 2.29 bits per heavy atom. The molecular formula is C24H17ClO6. The molecular weight excluding hydrogens is 420 g/mol. The van der Waals surface area contributed by atoms with Gasteiger partial charge in [-0.05, 0) is 54.1 Å². The predicted octanol–water partition coefficient (Wildman–Crippen LogP) is 4.50. The topological polar surface area (TPSA) is 89.9 Å². The van der Waals surface area contributed by atoms with Crippen molar-refractivity contribution in [2.75, 3.05) is 7.11 Å². The highest BCUT2D eigenvalue weighted by molar-refractivity contribution is 6.30. The molecule has 0 aromatic heterocycles. The number of rotatable bonds is 4. The van der Waals surface area contributed by atoms with Crippen LogP contribution in [0.25, 0.3) is 0 Å². The van der Waals surface area contributed by atoms with Crippen molar-refractivity contribution in [3.05, 3.63) is 93.5 Å². The van der Waals surface area contributed by atoms with Crippen molar-refractivity contribution >= 4 is 29.3 Å². The molecule has 31 heavy (non-hydrogen) atoms. The number of phenolic OH excluding ortho intramolecular Hbond substituents is 1. The van der Waals surface area contributed by atoms with Gasteiger partial charge in [-0.3, -0.25) is 9.59 Å². The van der Waals surface area contributed by atoms with Gasteiger partial charge >= 0.3 is 11.9 Å². The molecule has 1 heterocycles. The van der Waals surface area contributed by atoms with Crippen molar-refractivity contribution < 1.29 is 29.0 Å². The van der Waals surface area contributed by atoms with Crippen LogP contribution in [0.1, 0.15) is 49.7 Å². The van der Waals surface area contributed by atoms with Crippen molar-refractivity contribution in [2.45, 2.75) is 12.3 Å². The quantitative estimate of drug-likeness (QED) is 0.368. The molecule has 0 unspecified atom stereocenters. The number of phenols is 1. The Bertz CT molecular complexity index is 1180. The molecule has 0 saturated heterocycles. The van der Waals surface area contributed by atoms with E-state index in [0.717, 1.165) is 0 Å². The van der Waals surface area contributed by atoms with E-state index < -0.39 is 17.9 Å². The molecule has 1 aliphatic heterocycles. The van der Waals surface area contributed by atoms with Crippen molar-refractivity contribution in [2.24, 2.45) is 0 Å². The number of fused-ring (bicyclic) bond motifs is 1. The molecule has 0 fully saturated rings. The molecule has 0 radical (unpaired) electrons. The van der Waals surface area contributed by atoms with E-state index >= 15 is 0 Å². The maximum Gasteiger partial charge on any atom is 0.337 e. The smallest absolute Gasteiger partial charge is 0.337 e. The van der Waals surface area contributed by atoms with Gasteiger partial charge in [0, 0.05) is 22.1 Å². The second kappa shape index (κ2) is 8.24. The monoisotopic (exact) mass is 436 g/mol. The normalized spacial score (nSPS) is 15.0. The maximum absolute atomic E-state index is 13.0. The van der Waals surface area contributed by atoms with Crippen molar-refractivity contribution in [1.29, 1.82) is 0 Å². The number of methoxy groups -OCH3 is 1. The standard InChI is InChI=1S/C24H17ClO6/c1-30-24(29)15-4-2-13(3-5-15)18-12-20(26)31-19-11-10-17(23(28)21(18)19)22(27)14-6-8-16(25)9-7-14/h2-11,18,28H,12H2,1H3/t18-/m1/s1. The van der Waals surface area contributed by atoms with Gasteiger partial charge in [0.05, 0.1) is 24.7 Å². The Kier molecular flexibility index (Phi) is 5.48. The minimum atomic E-state index is -0.541. The number of ketones is 1. The molecule has 156 valence electrons. The minimum absolute atomic E-state index is 0.0171. The van der Waals surface area contributed by atoms with Crippen LogP contribution in [0.5, 0.6) is 11.5 Å². The number of hydrogen-bond acceptors (Lipinski definition) is 6. The van der Waals surface area contributed by atoms with Crippen LogP contribution in [0.15, 0.2) is 60.7 Å². The van der Waals surface area contributed by atoms with Gasteiger partial charge in [0.2, 0.25) is 0 Å². The van der Waals surface area contributed by atoms with Gasteiger partial charge in [0.25, 0.3) is 0 Å². The summed E-state index contributed by atoms with van der Waals surface area (Å²) in [4.78, 5) is 36.8. The van der Waals surface area contributed by atoms with E-state index in [4.69, 9.17) is 21.1 Å². The van der Waals surface area contributed by atoms with E-state index in [9.17, 15) is 19.5 Å². The summed E-state index contributed by atoms with van der Waals surface area (Å²) >= 11 is 5.89. The van der Waals surface area contributed by atoms with E-state index in [1.807, 2.05) is 0 Å². The SMILES string of the molecule is COC(=O)c1ccc([C@H]2CC(=O)Oc3ccc(C(=O)c4ccc(Cl)cc4)c(O)c32)cc1. The van der Waals surface area contributed by atoms with Crippen molar-refractivity contribution in [1.82, 2.24) is 0 Å². The van der Waals surface area contributed by atoms with Gasteiger partial charge < -0.3 is 14.6 Å². The van der Waals surface area contributed by atoms with Crippen LogP contribution in [-0.4, -0.2) is 29.9 Å². The third-order valence-electron chi connectivity index (χ3n) is 5.21. The van der Waals surface area contributed by atoms with Crippen LogP contribution < -0.4 is 4.74 Å². The summed E-state index contributed by atoms with van der Waals surface area (Å²) in [6.45, 7) is 0. The minimum Gasteiger partial charge on any atom is -0.507 e. The van der Waals surface area contributed by atoms with E-state index in [1.165, 1.54) is 19.2 Å². The number of hydrogen-bond donors (Lipinski definition) is 1. The number of carbonyl (C=O) groups excluding carboxylic acids is 3. The fraction of sp³-hybridized carbons (Fsp3) is 0.125. The number of esters is 2. The second-order valence-corrected chi connectivity index (χ2v) is 7.49. The molecule has 3 aromatic carbocycles. The van der Waals surface area contributed by atoms with Crippen LogP contribution in [0, 0.1) is 0 Å². The Morgan fingerprint density at radius 2 is 1.65 bits per heavy atom. The zero-order chi connectivity index (χ0) is 22.1. The largest absolute Gasteiger partial charge is 0.507 e. The Labute approximate surface area is 183 Å². The first kappa shape index (κ1) is 20.6. The molecule has 0 amide bonds. The Morgan fingerprint density at radius 1 is 1.00 bits per heavy atom. The van der Waals surface area contributed by atoms with Gasteiger partial charge in [-0.15, -0.1) is 0 Å². The van der Waals surface area contributed by atoms with Gasteiger partial charge in [-0.1, -0.05) is 23.7 Å². The molecule has 1 atom stereocenters. The van der Waals surface area contributed by atoms with Gasteiger partial charge in [0.15, 0.2) is 5.78 Å². The lowest BCUT2D eigenvalue weighted by molar-refractivity contribution is -0.135. The molecule has 4 rings (SSSR count). The van der Waals surface area contributed by atoms with Crippen LogP contribution in [0.2, 0.25) is 5.02 Å². The first-order valence-corrected chi connectivity index (χ1v) is 9.82. The Hall–Kier alpha value is -3.64. The summed E-state index contributed by atoms with van der Waals surface area (Å²) in [6.07, 6.45) is -0.0171. The highest BCUT2D eigenvalue weighted by Gasteiger charge is 2.33. The number of halogens is 1. The molecule has 6 nitrogen and oxygen atoms in total. The molecule has 1 N–H and O–H groups in total. The van der Waals surface area contributed by atoms with Gasteiger partial charge in [-0.25, -0.2) is 4.79 Å². The van der Waals surface area contributed by atoms with Crippen LogP contribution in [0.4, 0.5) is 0 Å². The number of aromatic hydroxyl groups is 1. The fourth-order valence-electron chi connectivity index (χ4n) is 3.64. The predicted molar refractivity (Wildman–Crippen MR) is 113 cm³/mol. The summed E-state index contributed by atoms with van der Waals surface area (Å²) in [5.41, 5.74) is 1.87. The lowest BCUT2D eigenvalue weighted by Gasteiger charge is -2.26. The maximum atomic E-state index is 13.0. The molecule has 1 aliphatic rings. The van der Waals surface area contributed by atoms with E-state index in [-0.39, 0.29) is 29.3 Å². The van der Waals surface area contributed by atoms with E-state index in [0.29, 0.717) is 27.3 Å². The van der Waals surface area contributed by atoms with Crippen LogP contribution in [-0.2, 0) is 9.53 Å². The molecule has 0 spiro atoms. The number of carbonyl (C=O) groups is 3. The highest BCUT2D eigenvalue weighted by atomic mass is 35.5. The first-order valence-electron chi connectivity index (χ1n) is 9.44. The summed E-state index contributed by atoms with van der Waals surface area (Å²) in [6, 6.07) is 15.8. The molecule has 0 saturated carbocycles. The highest BCUT2D eigenvalue weighted by Crippen LogP contribution is 2.45. The lowest BCUT2D eigenvalue weighted by atomic mass is 9.83. The van der Waals surface area contributed by atoms with Gasteiger partial charge in [-0.2, -0.15) is 0 Å². The molecule has 0 aliphatic carbocycles. The van der Waals surface area contributed by atoms with Crippen LogP contribution >= 0.6 is 11.6 Å². The second-order valence-electron chi connectivity index (χ2n) is 7.05. The average molecular weight is 437 g/mol. The summed E-state index contributed by atoms with van der Waals surface area (Å²) in [7, 11) is 1.29. The van der Waals surface area contributed by atoms with Crippen LogP contribution in [0.3, 0.4) is 0 Å². The number of ether oxygens (including phenoxy) is 2. The molecule has 7 heteroatoms. The van der Waals surface area contributed by atoms with E-state index in [1.54, 1.807) is 48.5 Å². The Balaban J connectivity index is 1.77. The third-order valence-corrected chi connectivity index (χ3v) is 5.46. The average Bonchev–Trinajstić information content (AvgIpc) is 2.78. The lowest BCUT2D eigenvalue weighted by Crippen LogP contribution is -2.22. The summed E-state index contributed by atoms with van der Waals surface area (Å²) < 4.78 is 10.0. The zero-order valence-corrected chi connectivity index (χ0v) is 17.2. The fourth-order valence-corrected chi connectivity index (χ4v) is 3.77. The van der Waals surface area contributed by atoms with Crippen molar-refractivity contribution in [3.63, 3.8) is 0 Å². The van der Waals surface area contributed by atoms with E-state index in [2.05, 4.69) is 0 Å². The number of benzene rings is 3. The summed E-state index contributed by atoms with van der Waals surface area (Å²) in [5, 5.41) is 11.5. The van der Waals surface area contributed by atoms with Gasteiger partial charge in [0.1, 0.15) is 11.5 Å². The third kappa shape index (κ3) is 3.90. The first-order chi connectivity index (χ1) is 14.9. The molecule has 0 bridgehead atoms. The zero-order valence-electron chi connectivity index (χ0n) is 16.4. The van der Waals surface area contributed by atoms with Crippen molar-refractivity contribution in [3.8, 4) is 11.5 Å². The summed E-state index contributed by atoms with van der Waals surface area (Å²) in [5.74, 6) is -1.90.